The summed E-state index contributed by atoms with van der Waals surface area (Å²) in [7, 11) is 0. The van der Waals surface area contributed by atoms with Gasteiger partial charge in [-0.15, -0.1) is 0 Å². The highest BCUT2D eigenvalue weighted by atomic mass is 35.5. The fourth-order valence-electron chi connectivity index (χ4n) is 2.47. The quantitative estimate of drug-likeness (QED) is 0.924. The second-order valence-electron chi connectivity index (χ2n) is 5.22. The Hall–Kier alpha value is -1.76. The monoisotopic (exact) mass is 335 g/mol. The van der Waals surface area contributed by atoms with Crippen molar-refractivity contribution < 1.29 is 27.9 Å². The van der Waals surface area contributed by atoms with Crippen LogP contribution in [0.25, 0.3) is 0 Å². The number of nitrogens with zero attached hydrogens (tertiary/aromatic N) is 1. The smallest absolute Gasteiger partial charge is 0.406 e. The maximum absolute atomic E-state index is 13.1. The molecule has 1 amide bonds. The minimum Gasteiger partial charge on any atom is -0.481 e. The zero-order valence-corrected chi connectivity index (χ0v) is 12.1. The molecule has 1 aromatic carbocycles. The normalized spacial score (nSPS) is 21.9. The lowest BCUT2D eigenvalue weighted by Gasteiger charge is -2.27. The molecule has 22 heavy (non-hydrogen) atoms. The van der Waals surface area contributed by atoms with Crippen LogP contribution in [0, 0.1) is 5.41 Å². The van der Waals surface area contributed by atoms with Crippen molar-refractivity contribution in [3.05, 3.63) is 34.9 Å². The molecule has 1 unspecified atom stereocenters. The van der Waals surface area contributed by atoms with Crippen LogP contribution in [0.1, 0.15) is 12.0 Å². The zero-order chi connectivity index (χ0) is 16.5. The highest BCUT2D eigenvalue weighted by Gasteiger charge is 2.64. The van der Waals surface area contributed by atoms with Crippen LogP contribution in [0.2, 0.25) is 5.02 Å². The molecule has 0 aromatic heterocycles. The molecule has 1 aromatic rings. The van der Waals surface area contributed by atoms with Gasteiger partial charge in [-0.05, 0) is 18.1 Å². The third-order valence-corrected chi connectivity index (χ3v) is 4.24. The number of rotatable bonds is 3. The molecule has 1 aliphatic heterocycles. The average Bonchev–Trinajstić information content (AvgIpc) is 2.87. The SMILES string of the molecule is O=C(Cc1ccccc1Cl)N1CCC(C(=O)O)(C(F)(F)F)C1. The number of hydrogen-bond donors (Lipinski definition) is 1. The second kappa shape index (κ2) is 5.79. The average molecular weight is 336 g/mol. The molecule has 4 nitrogen and oxygen atoms in total. The summed E-state index contributed by atoms with van der Waals surface area (Å²) < 4.78 is 39.2. The number of likely N-dealkylation sites (tertiary alicyclic amines) is 1. The number of alkyl halides is 3. The van der Waals surface area contributed by atoms with Crippen LogP contribution in [0.15, 0.2) is 24.3 Å². The van der Waals surface area contributed by atoms with Crippen molar-refractivity contribution in [1.29, 1.82) is 0 Å². The summed E-state index contributed by atoms with van der Waals surface area (Å²) in [6.07, 6.45) is -5.70. The first-order chi connectivity index (χ1) is 10.2. The van der Waals surface area contributed by atoms with E-state index >= 15 is 0 Å². The Labute approximate surface area is 129 Å². The van der Waals surface area contributed by atoms with E-state index in [0.717, 1.165) is 4.90 Å². The number of aliphatic carboxylic acids is 1. The van der Waals surface area contributed by atoms with Gasteiger partial charge >= 0.3 is 12.1 Å². The van der Waals surface area contributed by atoms with E-state index in [1.807, 2.05) is 0 Å². The van der Waals surface area contributed by atoms with Gasteiger partial charge < -0.3 is 10.0 Å². The highest BCUT2D eigenvalue weighted by molar-refractivity contribution is 6.31. The standard InChI is InChI=1S/C14H13ClF3NO3/c15-10-4-2-1-3-9(10)7-11(20)19-6-5-13(8-19,12(21)22)14(16,17)18/h1-4H,5-8H2,(H,21,22). The number of halogens is 4. The molecule has 1 atom stereocenters. The lowest BCUT2D eigenvalue weighted by molar-refractivity contribution is -0.227. The summed E-state index contributed by atoms with van der Waals surface area (Å²) in [5, 5.41) is 9.30. The predicted octanol–water partition coefficient (Wildman–Crippen LogP) is 2.75. The fraction of sp³-hybridized carbons (Fsp3) is 0.429. The Kier molecular flexibility index (Phi) is 4.37. The molecular formula is C14H13ClF3NO3. The number of amides is 1. The van der Waals surface area contributed by atoms with E-state index in [2.05, 4.69) is 0 Å². The molecule has 1 aliphatic rings. The van der Waals surface area contributed by atoms with E-state index in [9.17, 15) is 22.8 Å². The molecule has 8 heteroatoms. The molecule has 1 N–H and O–H groups in total. The summed E-state index contributed by atoms with van der Waals surface area (Å²) in [6, 6.07) is 6.51. The van der Waals surface area contributed by atoms with Gasteiger partial charge in [0.1, 0.15) is 0 Å². The van der Waals surface area contributed by atoms with E-state index in [4.69, 9.17) is 16.7 Å². The Morgan fingerprint density at radius 2 is 1.95 bits per heavy atom. The van der Waals surface area contributed by atoms with Gasteiger partial charge in [0.2, 0.25) is 5.91 Å². The zero-order valence-electron chi connectivity index (χ0n) is 11.4. The van der Waals surface area contributed by atoms with Gasteiger partial charge in [0.15, 0.2) is 5.41 Å². The van der Waals surface area contributed by atoms with Crippen LogP contribution in [0.4, 0.5) is 13.2 Å². The van der Waals surface area contributed by atoms with Crippen LogP contribution in [-0.4, -0.2) is 41.1 Å². The number of carbonyl (C=O) groups excluding carboxylic acids is 1. The first-order valence-corrected chi connectivity index (χ1v) is 6.86. The Morgan fingerprint density at radius 3 is 2.45 bits per heavy atom. The number of carboxylic acid groups (broad SMARTS) is 1. The second-order valence-corrected chi connectivity index (χ2v) is 5.63. The van der Waals surface area contributed by atoms with Crippen LogP contribution in [0.3, 0.4) is 0 Å². The maximum atomic E-state index is 13.1. The number of carboxylic acids is 1. The van der Waals surface area contributed by atoms with Crippen LogP contribution in [-0.2, 0) is 16.0 Å². The largest absolute Gasteiger partial charge is 0.481 e. The molecule has 0 spiro atoms. The topological polar surface area (TPSA) is 57.6 Å². The molecule has 0 aliphatic carbocycles. The first-order valence-electron chi connectivity index (χ1n) is 6.49. The van der Waals surface area contributed by atoms with Crippen molar-refractivity contribution in [2.24, 2.45) is 5.41 Å². The lowest BCUT2D eigenvalue weighted by atomic mass is 9.86. The molecule has 1 heterocycles. The number of benzene rings is 1. The Bertz CT molecular complexity index is 605. The molecule has 0 bridgehead atoms. The summed E-state index contributed by atoms with van der Waals surface area (Å²) in [5.74, 6) is -2.52. The number of carbonyl (C=O) groups is 2. The molecule has 0 saturated carbocycles. The Balaban J connectivity index is 2.14. The molecular weight excluding hydrogens is 323 g/mol. The van der Waals surface area contributed by atoms with Gasteiger partial charge in [-0.1, -0.05) is 29.8 Å². The summed E-state index contributed by atoms with van der Waals surface area (Å²) >= 11 is 5.91. The van der Waals surface area contributed by atoms with Crippen molar-refractivity contribution in [1.82, 2.24) is 4.90 Å². The van der Waals surface area contributed by atoms with E-state index in [0.29, 0.717) is 10.6 Å². The third kappa shape index (κ3) is 2.90. The van der Waals surface area contributed by atoms with Crippen LogP contribution < -0.4 is 0 Å². The molecule has 2 rings (SSSR count). The summed E-state index contributed by atoms with van der Waals surface area (Å²) in [6.45, 7) is -1.11. The van der Waals surface area contributed by atoms with Crippen molar-refractivity contribution in [3.63, 3.8) is 0 Å². The van der Waals surface area contributed by atoms with E-state index in [-0.39, 0.29) is 13.0 Å². The fourth-order valence-corrected chi connectivity index (χ4v) is 2.67. The van der Waals surface area contributed by atoms with Crippen LogP contribution in [0.5, 0.6) is 0 Å². The van der Waals surface area contributed by atoms with E-state index in [1.165, 1.54) is 0 Å². The first kappa shape index (κ1) is 16.6. The minimum absolute atomic E-state index is 0.159. The van der Waals surface area contributed by atoms with Gasteiger partial charge in [0.05, 0.1) is 6.42 Å². The third-order valence-electron chi connectivity index (χ3n) is 3.87. The van der Waals surface area contributed by atoms with Crippen LogP contribution >= 0.6 is 11.6 Å². The number of hydrogen-bond acceptors (Lipinski definition) is 2. The van der Waals surface area contributed by atoms with Gasteiger partial charge in [0.25, 0.3) is 0 Å². The summed E-state index contributed by atoms with van der Waals surface area (Å²) in [5.41, 5.74) is -2.39. The minimum atomic E-state index is -4.90. The molecule has 1 saturated heterocycles. The van der Waals surface area contributed by atoms with Crippen molar-refractivity contribution >= 4 is 23.5 Å². The van der Waals surface area contributed by atoms with Gasteiger partial charge in [-0.25, -0.2) is 0 Å². The van der Waals surface area contributed by atoms with Crippen molar-refractivity contribution in [3.8, 4) is 0 Å². The maximum Gasteiger partial charge on any atom is 0.406 e. The van der Waals surface area contributed by atoms with E-state index in [1.54, 1.807) is 24.3 Å². The Morgan fingerprint density at radius 1 is 1.32 bits per heavy atom. The molecule has 0 radical (unpaired) electrons. The lowest BCUT2D eigenvalue weighted by Crippen LogP contribution is -2.47. The van der Waals surface area contributed by atoms with Crippen molar-refractivity contribution in [2.45, 2.75) is 19.0 Å². The predicted molar refractivity (Wildman–Crippen MR) is 72.5 cm³/mol. The van der Waals surface area contributed by atoms with Gasteiger partial charge in [0, 0.05) is 18.1 Å². The van der Waals surface area contributed by atoms with Crippen molar-refractivity contribution in [2.75, 3.05) is 13.1 Å². The highest BCUT2D eigenvalue weighted by Crippen LogP contribution is 2.45. The van der Waals surface area contributed by atoms with Gasteiger partial charge in [-0.3, -0.25) is 9.59 Å². The van der Waals surface area contributed by atoms with Gasteiger partial charge in [-0.2, -0.15) is 13.2 Å². The van der Waals surface area contributed by atoms with E-state index < -0.39 is 36.4 Å². The molecule has 1 fully saturated rings. The molecule has 120 valence electrons. The summed E-state index contributed by atoms with van der Waals surface area (Å²) in [4.78, 5) is 24.1.